The number of hydrogen-bond acceptors (Lipinski definition) is 4. The van der Waals surface area contributed by atoms with Crippen LogP contribution in [0.1, 0.15) is 117 Å². The van der Waals surface area contributed by atoms with E-state index >= 15 is 0 Å². The van der Waals surface area contributed by atoms with Crippen LogP contribution in [0, 0.1) is 11.3 Å². The van der Waals surface area contributed by atoms with Gasteiger partial charge in [0.25, 0.3) is 0 Å². The van der Waals surface area contributed by atoms with Crippen LogP contribution in [0.25, 0.3) is 10.8 Å². The minimum atomic E-state index is -1.23. The van der Waals surface area contributed by atoms with Crippen LogP contribution >= 0.6 is 0 Å². The normalized spacial score (nSPS) is 25.3. The van der Waals surface area contributed by atoms with Crippen molar-refractivity contribution in [2.45, 2.75) is 115 Å². The van der Waals surface area contributed by atoms with Gasteiger partial charge in [-0.1, -0.05) is 111 Å². The molecule has 4 unspecified atom stereocenters. The first-order valence-electron chi connectivity index (χ1n) is 19.9. The third-order valence-electron chi connectivity index (χ3n) is 12.9. The third-order valence-corrected chi connectivity index (χ3v) is 12.9. The van der Waals surface area contributed by atoms with E-state index in [0.717, 1.165) is 71.6 Å². The van der Waals surface area contributed by atoms with Gasteiger partial charge in [0.1, 0.15) is 0 Å². The van der Waals surface area contributed by atoms with Crippen LogP contribution in [-0.2, 0) is 13.0 Å². The van der Waals surface area contributed by atoms with Crippen LogP contribution in [0.2, 0.25) is 0 Å². The van der Waals surface area contributed by atoms with Crippen LogP contribution < -0.4 is 5.32 Å². The molecule has 4 aromatic carbocycles. The Bertz CT molecular complexity index is 1940. The van der Waals surface area contributed by atoms with E-state index in [2.05, 4.69) is 67.7 Å². The van der Waals surface area contributed by atoms with Crippen LogP contribution in [0.5, 0.6) is 0 Å². The topological polar surface area (TPSA) is 89.9 Å². The number of carbonyl (C=O) groups excluding carboxylic acids is 2. The number of aliphatic hydroxyl groups is 2. The number of urea groups is 1. The van der Waals surface area contributed by atoms with Gasteiger partial charge in [0.15, 0.2) is 5.78 Å². The summed E-state index contributed by atoms with van der Waals surface area (Å²) in [6.07, 6.45) is 11.6. The Balaban J connectivity index is 1.29. The average molecular weight is 713 g/mol. The number of aliphatic hydroxyl groups excluding tert-OH is 1. The molecule has 2 amide bonds. The number of allylic oxidation sites excluding steroid dienone is 2. The van der Waals surface area contributed by atoms with Gasteiger partial charge >= 0.3 is 6.03 Å². The number of fused-ring (bicyclic) bond motifs is 9. The lowest BCUT2D eigenvalue weighted by Gasteiger charge is -2.46. The van der Waals surface area contributed by atoms with Gasteiger partial charge < -0.3 is 20.4 Å². The molecule has 0 aliphatic heterocycles. The Kier molecular flexibility index (Phi) is 11.2. The molecule has 8 rings (SSSR count). The standard InChI is InChI=1S/C47H56N2O4/c1-33-13-12-27-46(2)43(41-25-23-34(29-39(50)24-22-33)30-42(41)44(51)36-15-5-3-6-16-36)26-28-47(46,53)32-49(45(52)48-38-19-7-4-8-20-38)31-37-18-11-17-35-14-9-10-21-40(35)37/h4,7-11,13-14,17-21,23,25,30,36,39,43,50,53H,3,5-6,12,15-16,22,24,26-29,31-32H2,1-2H3,(H,48,52). The molecule has 4 atom stereocenters. The molecular formula is C47H56N2O4. The van der Waals surface area contributed by atoms with Gasteiger partial charge in [-0.25, -0.2) is 4.79 Å². The number of para-hydroxylation sites is 1. The van der Waals surface area contributed by atoms with Gasteiger partial charge in [-0.05, 0) is 116 Å². The Morgan fingerprint density at radius 1 is 0.868 bits per heavy atom. The highest BCUT2D eigenvalue weighted by atomic mass is 16.3. The molecule has 6 heteroatoms. The number of nitrogens with zero attached hydrogens (tertiary/aromatic N) is 1. The zero-order valence-electron chi connectivity index (χ0n) is 31.5. The SMILES string of the molecule is CC1=CCCC2(C)C(CCC2(O)CN(Cc2cccc3ccccc23)C(=O)Nc2ccccc2)c2ccc(cc2C(=O)C2CCCCC2)CC(O)CC1. The lowest BCUT2D eigenvalue weighted by molar-refractivity contribution is -0.0773. The minimum Gasteiger partial charge on any atom is -0.393 e. The number of Topliss-reactive ketones (excluding diaryl/α,β-unsaturated/α-hetero) is 1. The van der Waals surface area contributed by atoms with Crippen molar-refractivity contribution < 1.29 is 19.8 Å². The van der Waals surface area contributed by atoms with Gasteiger partial charge in [-0.2, -0.15) is 0 Å². The fourth-order valence-electron chi connectivity index (χ4n) is 9.67. The zero-order valence-corrected chi connectivity index (χ0v) is 31.5. The van der Waals surface area contributed by atoms with Crippen molar-refractivity contribution in [1.82, 2.24) is 4.90 Å². The molecule has 2 fully saturated rings. The number of amides is 2. The number of ketones is 1. The summed E-state index contributed by atoms with van der Waals surface area (Å²) in [5, 5.41) is 29.5. The number of hydrogen-bond donors (Lipinski definition) is 3. The summed E-state index contributed by atoms with van der Waals surface area (Å²) < 4.78 is 0. The van der Waals surface area contributed by atoms with E-state index < -0.39 is 17.1 Å². The van der Waals surface area contributed by atoms with E-state index in [1.807, 2.05) is 48.5 Å². The molecule has 6 nitrogen and oxygen atoms in total. The lowest BCUT2D eigenvalue weighted by atomic mass is 9.64. The van der Waals surface area contributed by atoms with Crippen molar-refractivity contribution in [2.24, 2.45) is 11.3 Å². The second-order valence-electron chi connectivity index (χ2n) is 16.4. The number of rotatable bonds is 7. The van der Waals surface area contributed by atoms with Crippen LogP contribution in [0.15, 0.2) is 103 Å². The number of carbonyl (C=O) groups is 2. The Labute approximate surface area is 315 Å². The minimum absolute atomic E-state index is 0.0107. The fraction of sp³-hybridized carbons (Fsp3) is 0.447. The Morgan fingerprint density at radius 3 is 2.43 bits per heavy atom. The molecule has 2 saturated carbocycles. The molecule has 4 aliphatic carbocycles. The van der Waals surface area contributed by atoms with Crippen molar-refractivity contribution in [3.05, 3.63) is 125 Å². The van der Waals surface area contributed by atoms with Gasteiger partial charge in [0.2, 0.25) is 0 Å². The summed E-state index contributed by atoms with van der Waals surface area (Å²) >= 11 is 0. The van der Waals surface area contributed by atoms with E-state index in [4.69, 9.17) is 0 Å². The van der Waals surface area contributed by atoms with Crippen molar-refractivity contribution in [2.75, 3.05) is 11.9 Å². The second-order valence-corrected chi connectivity index (χ2v) is 16.4. The van der Waals surface area contributed by atoms with E-state index in [0.29, 0.717) is 44.3 Å². The second kappa shape index (κ2) is 16.0. The zero-order chi connectivity index (χ0) is 37.0. The van der Waals surface area contributed by atoms with Crippen LogP contribution in [0.4, 0.5) is 10.5 Å². The Morgan fingerprint density at radius 2 is 1.62 bits per heavy atom. The molecule has 0 heterocycles. The van der Waals surface area contributed by atoms with Gasteiger partial charge in [-0.15, -0.1) is 0 Å². The molecule has 278 valence electrons. The first-order chi connectivity index (χ1) is 25.6. The number of benzene rings is 4. The maximum atomic E-state index is 14.5. The molecular weight excluding hydrogens is 657 g/mol. The van der Waals surface area contributed by atoms with E-state index in [-0.39, 0.29) is 30.2 Å². The molecule has 0 radical (unpaired) electrons. The monoisotopic (exact) mass is 712 g/mol. The lowest BCUT2D eigenvalue weighted by Crippen LogP contribution is -2.54. The van der Waals surface area contributed by atoms with E-state index in [1.165, 1.54) is 12.0 Å². The van der Waals surface area contributed by atoms with Gasteiger partial charge in [0, 0.05) is 29.1 Å². The molecule has 4 aliphatic rings. The highest BCUT2D eigenvalue weighted by molar-refractivity contribution is 5.99. The van der Waals surface area contributed by atoms with E-state index in [9.17, 15) is 19.8 Å². The first-order valence-corrected chi connectivity index (χ1v) is 19.9. The molecule has 0 spiro atoms. The maximum Gasteiger partial charge on any atom is 0.322 e. The van der Waals surface area contributed by atoms with Crippen molar-refractivity contribution >= 4 is 28.3 Å². The summed E-state index contributed by atoms with van der Waals surface area (Å²) in [7, 11) is 0. The summed E-state index contributed by atoms with van der Waals surface area (Å²) in [4.78, 5) is 30.6. The summed E-state index contributed by atoms with van der Waals surface area (Å²) in [5.74, 6) is 0.148. The fourth-order valence-corrected chi connectivity index (χ4v) is 9.67. The van der Waals surface area contributed by atoms with Gasteiger partial charge in [-0.3, -0.25) is 4.79 Å². The molecule has 53 heavy (non-hydrogen) atoms. The van der Waals surface area contributed by atoms with E-state index in [1.54, 1.807) is 4.90 Å². The molecule has 4 aromatic rings. The Hall–Kier alpha value is -4.26. The van der Waals surface area contributed by atoms with Crippen LogP contribution in [-0.4, -0.2) is 45.2 Å². The summed E-state index contributed by atoms with van der Waals surface area (Å²) in [5.41, 5.74) is 3.90. The molecule has 2 bridgehead atoms. The van der Waals surface area contributed by atoms with Crippen molar-refractivity contribution in [3.63, 3.8) is 0 Å². The molecule has 0 saturated heterocycles. The maximum absolute atomic E-state index is 14.5. The highest BCUT2D eigenvalue weighted by Gasteiger charge is 2.57. The largest absolute Gasteiger partial charge is 0.393 e. The van der Waals surface area contributed by atoms with Crippen molar-refractivity contribution in [1.29, 1.82) is 0 Å². The van der Waals surface area contributed by atoms with Crippen LogP contribution in [0.3, 0.4) is 0 Å². The highest BCUT2D eigenvalue weighted by Crippen LogP contribution is 2.59. The molecule has 3 N–H and O–H groups in total. The average Bonchev–Trinajstić information content (AvgIpc) is 3.42. The van der Waals surface area contributed by atoms with Gasteiger partial charge in [0.05, 0.1) is 18.2 Å². The molecule has 0 aromatic heterocycles. The summed E-state index contributed by atoms with van der Waals surface area (Å²) in [6.45, 7) is 4.83. The first kappa shape index (κ1) is 37.1. The number of anilines is 1. The third kappa shape index (κ3) is 8.00. The predicted molar refractivity (Wildman–Crippen MR) is 214 cm³/mol. The summed E-state index contributed by atoms with van der Waals surface area (Å²) in [6, 6.07) is 30.0. The predicted octanol–water partition coefficient (Wildman–Crippen LogP) is 10.4. The number of nitrogens with one attached hydrogen (secondary N) is 1. The quantitative estimate of drug-likeness (QED) is 0.131. The van der Waals surface area contributed by atoms with Crippen molar-refractivity contribution in [3.8, 4) is 0 Å². The smallest absolute Gasteiger partial charge is 0.322 e.